The van der Waals surface area contributed by atoms with Crippen LogP contribution in [0.1, 0.15) is 78.6 Å². The van der Waals surface area contributed by atoms with E-state index in [9.17, 15) is 14.7 Å². The van der Waals surface area contributed by atoms with Crippen LogP contribution in [0.15, 0.2) is 0 Å². The molecule has 4 fully saturated rings. The predicted molar refractivity (Wildman–Crippen MR) is 125 cm³/mol. The van der Waals surface area contributed by atoms with Crippen molar-refractivity contribution < 1.29 is 24.2 Å². The van der Waals surface area contributed by atoms with E-state index in [0.29, 0.717) is 31.7 Å². The largest absolute Gasteiger partial charge is 0.481 e. The Morgan fingerprint density at radius 3 is 1.94 bits per heavy atom. The van der Waals surface area contributed by atoms with Gasteiger partial charge in [0.2, 0.25) is 0 Å². The number of nitrogens with zero attached hydrogens (tertiary/aromatic N) is 3. The zero-order valence-corrected chi connectivity index (χ0v) is 20.8. The van der Waals surface area contributed by atoms with Crippen LogP contribution < -0.4 is 0 Å². The van der Waals surface area contributed by atoms with Crippen molar-refractivity contribution in [3.05, 3.63) is 0 Å². The average Bonchev–Trinajstić information content (AvgIpc) is 3.27. The van der Waals surface area contributed by atoms with Crippen LogP contribution in [0.4, 0.5) is 0 Å². The quantitative estimate of drug-likeness (QED) is 0.575. The van der Waals surface area contributed by atoms with Gasteiger partial charge in [-0.25, -0.2) is 9.69 Å². The minimum Gasteiger partial charge on any atom is -0.481 e. The molecule has 3 aliphatic heterocycles. The van der Waals surface area contributed by atoms with Crippen LogP contribution in [-0.4, -0.2) is 94.6 Å². The number of carbonyl (C=O) groups excluding carboxylic acids is 1. The fourth-order valence-electron chi connectivity index (χ4n) is 5.90. The molecule has 0 radical (unpaired) electrons. The minimum absolute atomic E-state index is 0.136. The number of rotatable bonds is 7. The predicted octanol–water partition coefficient (Wildman–Crippen LogP) is 2.91. The Hall–Kier alpha value is -1.22. The first-order chi connectivity index (χ1) is 15.7. The fraction of sp³-hybridized carbons (Fsp3) is 0.920. The highest BCUT2D eigenvalue weighted by molar-refractivity contribution is 5.79. The Labute approximate surface area is 198 Å². The topological polar surface area (TPSA) is 82.5 Å². The van der Waals surface area contributed by atoms with Gasteiger partial charge in [-0.05, 0) is 85.2 Å². The molecule has 3 saturated heterocycles. The molecule has 0 bridgehead atoms. The van der Waals surface area contributed by atoms with Crippen molar-refractivity contribution in [1.82, 2.24) is 14.7 Å². The summed E-state index contributed by atoms with van der Waals surface area (Å²) in [4.78, 5) is 32.3. The van der Waals surface area contributed by atoms with Gasteiger partial charge >= 0.3 is 11.9 Å². The first kappa shape index (κ1) is 24.9. The third-order valence-electron chi connectivity index (χ3n) is 7.75. The van der Waals surface area contributed by atoms with Gasteiger partial charge in [-0.2, -0.15) is 0 Å². The average molecular weight is 466 g/mol. The first-order valence-electron chi connectivity index (χ1n) is 13.1. The summed E-state index contributed by atoms with van der Waals surface area (Å²) in [6.45, 7) is 11.2. The first-order valence-corrected chi connectivity index (χ1v) is 13.1. The van der Waals surface area contributed by atoms with Crippen molar-refractivity contribution in [2.75, 3.05) is 39.3 Å². The summed E-state index contributed by atoms with van der Waals surface area (Å²) in [7, 11) is 0. The molecule has 1 unspecified atom stereocenters. The number of likely N-dealkylation sites (tertiary alicyclic amines) is 3. The highest BCUT2D eigenvalue weighted by Crippen LogP contribution is 2.39. The van der Waals surface area contributed by atoms with Gasteiger partial charge in [0.05, 0.1) is 12.0 Å². The molecule has 0 aromatic rings. The number of carboxylic acid groups (broad SMARTS) is 1. The lowest BCUT2D eigenvalue weighted by molar-refractivity contribution is -0.295. The Morgan fingerprint density at radius 1 is 0.818 bits per heavy atom. The molecule has 1 atom stereocenters. The van der Waals surface area contributed by atoms with E-state index in [4.69, 9.17) is 9.47 Å². The standard InChI is InChI=1S/C25H43N3O5/c1-24(2,3)33-23(31)25(27-15-7-8-16-27,32-21-11-9-19(10-12-21)22(29)30)28-17-20(18-28)26-13-5-4-6-14-26/h19-21H,4-18H2,1-3H3,(H,29,30). The maximum absolute atomic E-state index is 13.9. The smallest absolute Gasteiger partial charge is 0.371 e. The van der Waals surface area contributed by atoms with Gasteiger partial charge in [-0.1, -0.05) is 6.42 Å². The van der Waals surface area contributed by atoms with Crippen LogP contribution in [0.25, 0.3) is 0 Å². The van der Waals surface area contributed by atoms with Crippen molar-refractivity contribution in [3.8, 4) is 0 Å². The Bertz CT molecular complexity index is 685. The second-order valence-corrected chi connectivity index (χ2v) is 11.4. The van der Waals surface area contributed by atoms with Gasteiger partial charge in [0, 0.05) is 32.2 Å². The van der Waals surface area contributed by atoms with Gasteiger partial charge in [0.15, 0.2) is 0 Å². The molecule has 1 aliphatic carbocycles. The Morgan fingerprint density at radius 2 is 1.39 bits per heavy atom. The minimum atomic E-state index is -1.21. The van der Waals surface area contributed by atoms with Crippen LogP contribution in [0, 0.1) is 5.92 Å². The highest BCUT2D eigenvalue weighted by Gasteiger charge is 2.59. The molecule has 1 saturated carbocycles. The number of carboxylic acids is 1. The van der Waals surface area contributed by atoms with E-state index < -0.39 is 17.4 Å². The molecule has 4 aliphatic rings. The lowest BCUT2D eigenvalue weighted by atomic mass is 9.87. The Kier molecular flexibility index (Phi) is 7.68. The maximum Gasteiger partial charge on any atom is 0.371 e. The van der Waals surface area contributed by atoms with Crippen LogP contribution >= 0.6 is 0 Å². The number of aliphatic carboxylic acids is 1. The number of carbonyl (C=O) groups is 2. The normalized spacial score (nSPS) is 30.5. The molecule has 8 nitrogen and oxygen atoms in total. The van der Waals surface area contributed by atoms with E-state index in [1.54, 1.807) is 0 Å². The van der Waals surface area contributed by atoms with Gasteiger partial charge in [-0.3, -0.25) is 14.6 Å². The monoisotopic (exact) mass is 465 g/mol. The lowest BCUT2D eigenvalue weighted by Gasteiger charge is -2.56. The number of ether oxygens (including phenoxy) is 2. The second-order valence-electron chi connectivity index (χ2n) is 11.4. The van der Waals surface area contributed by atoms with Crippen LogP contribution in [-0.2, 0) is 19.1 Å². The molecular formula is C25H43N3O5. The van der Waals surface area contributed by atoms with Crippen molar-refractivity contribution in [3.63, 3.8) is 0 Å². The summed E-state index contributed by atoms with van der Waals surface area (Å²) < 4.78 is 12.8. The summed E-state index contributed by atoms with van der Waals surface area (Å²) >= 11 is 0. The highest BCUT2D eigenvalue weighted by atomic mass is 16.6. The summed E-state index contributed by atoms with van der Waals surface area (Å²) in [5.74, 6) is -2.55. The molecule has 0 aromatic carbocycles. The Balaban J connectivity index is 1.55. The van der Waals surface area contributed by atoms with E-state index in [-0.39, 0.29) is 18.0 Å². The number of hydrogen-bond acceptors (Lipinski definition) is 7. The molecule has 33 heavy (non-hydrogen) atoms. The van der Waals surface area contributed by atoms with Gasteiger partial charge in [0.1, 0.15) is 5.60 Å². The molecule has 0 spiro atoms. The molecule has 1 N–H and O–H groups in total. The van der Waals surface area contributed by atoms with E-state index in [1.165, 1.54) is 19.3 Å². The number of esters is 1. The third-order valence-corrected chi connectivity index (χ3v) is 7.75. The van der Waals surface area contributed by atoms with Gasteiger partial charge < -0.3 is 14.6 Å². The molecule has 3 heterocycles. The lowest BCUT2D eigenvalue weighted by Crippen LogP contribution is -2.76. The van der Waals surface area contributed by atoms with E-state index in [0.717, 1.165) is 52.1 Å². The van der Waals surface area contributed by atoms with Gasteiger partial charge in [-0.15, -0.1) is 0 Å². The molecule has 0 amide bonds. The van der Waals surface area contributed by atoms with Crippen LogP contribution in [0.3, 0.4) is 0 Å². The van der Waals surface area contributed by atoms with Crippen molar-refractivity contribution in [2.45, 2.75) is 102 Å². The van der Waals surface area contributed by atoms with Crippen LogP contribution in [0.2, 0.25) is 0 Å². The van der Waals surface area contributed by atoms with E-state index >= 15 is 0 Å². The van der Waals surface area contributed by atoms with Crippen molar-refractivity contribution in [2.24, 2.45) is 5.92 Å². The van der Waals surface area contributed by atoms with E-state index in [1.807, 2.05) is 20.8 Å². The third kappa shape index (κ3) is 5.55. The van der Waals surface area contributed by atoms with Crippen LogP contribution in [0.5, 0.6) is 0 Å². The summed E-state index contributed by atoms with van der Waals surface area (Å²) in [5, 5.41) is 9.40. The fourth-order valence-corrected chi connectivity index (χ4v) is 5.90. The molecule has 188 valence electrons. The maximum atomic E-state index is 13.9. The zero-order chi connectivity index (χ0) is 23.6. The van der Waals surface area contributed by atoms with Crippen molar-refractivity contribution in [1.29, 1.82) is 0 Å². The number of hydrogen-bond donors (Lipinski definition) is 1. The molecular weight excluding hydrogens is 422 g/mol. The molecule has 8 heteroatoms. The van der Waals surface area contributed by atoms with E-state index in [2.05, 4.69) is 14.7 Å². The number of piperidine rings is 1. The summed E-state index contributed by atoms with van der Waals surface area (Å²) in [6, 6.07) is 0.459. The summed E-state index contributed by atoms with van der Waals surface area (Å²) in [5.41, 5.74) is -0.608. The summed E-state index contributed by atoms with van der Waals surface area (Å²) in [6.07, 6.45) is 8.30. The zero-order valence-electron chi connectivity index (χ0n) is 20.8. The van der Waals surface area contributed by atoms with Gasteiger partial charge in [0.25, 0.3) is 5.85 Å². The van der Waals surface area contributed by atoms with Crippen molar-refractivity contribution >= 4 is 11.9 Å². The molecule has 4 rings (SSSR count). The SMILES string of the molecule is CC(C)(C)OC(=O)C(OC1CCC(C(=O)O)CC1)(N1CCCC1)N1CC(N2CCCCC2)C1. The second kappa shape index (κ2) is 10.2. The molecule has 0 aromatic heterocycles.